The summed E-state index contributed by atoms with van der Waals surface area (Å²) in [6.45, 7) is 0. The van der Waals surface area contributed by atoms with E-state index in [9.17, 15) is 0 Å². The molecule has 0 bridgehead atoms. The summed E-state index contributed by atoms with van der Waals surface area (Å²) in [6.07, 6.45) is 1.88. The van der Waals surface area contributed by atoms with Gasteiger partial charge in [-0.2, -0.15) is 0 Å². The van der Waals surface area contributed by atoms with Crippen LogP contribution in [0.3, 0.4) is 0 Å². The Labute approximate surface area is 86.8 Å². The second-order valence-corrected chi connectivity index (χ2v) is 3.84. The summed E-state index contributed by atoms with van der Waals surface area (Å²) < 4.78 is 0.477. The fourth-order valence-electron chi connectivity index (χ4n) is 1.29. The molecule has 0 spiro atoms. The van der Waals surface area contributed by atoms with Gasteiger partial charge in [0.2, 0.25) is 0 Å². The molecule has 0 unspecified atom stereocenters. The van der Waals surface area contributed by atoms with Gasteiger partial charge in [0, 0.05) is 17.1 Å². The van der Waals surface area contributed by atoms with Crippen LogP contribution in [0.2, 0.25) is 0 Å². The highest BCUT2D eigenvalue weighted by Gasteiger charge is 2.01. The fraction of sp³-hybridized carbons (Fsp3) is 0. The van der Waals surface area contributed by atoms with Crippen molar-refractivity contribution in [1.82, 2.24) is 4.98 Å². The summed E-state index contributed by atoms with van der Waals surface area (Å²) in [5, 5.41) is 4.12. The van der Waals surface area contributed by atoms with Gasteiger partial charge in [0.15, 0.2) is 0 Å². The van der Waals surface area contributed by atoms with Gasteiger partial charge in [-0.3, -0.25) is 0 Å². The van der Waals surface area contributed by atoms with Crippen LogP contribution in [0.15, 0.2) is 30.5 Å². The number of nitrogens with one attached hydrogen (secondary N) is 2. The molecular formula is C9H8N2S2. The van der Waals surface area contributed by atoms with E-state index in [-0.39, 0.29) is 0 Å². The number of anilines is 1. The number of benzene rings is 1. The van der Waals surface area contributed by atoms with Gasteiger partial charge in [-0.05, 0) is 6.07 Å². The van der Waals surface area contributed by atoms with E-state index >= 15 is 0 Å². The molecule has 1 aromatic carbocycles. The Morgan fingerprint density at radius 1 is 1.38 bits per heavy atom. The zero-order valence-electron chi connectivity index (χ0n) is 6.74. The fourth-order valence-corrected chi connectivity index (χ4v) is 1.52. The number of thiol groups is 1. The molecular weight excluding hydrogens is 200 g/mol. The zero-order chi connectivity index (χ0) is 9.26. The molecule has 0 radical (unpaired) electrons. The molecule has 0 aliphatic rings. The quantitative estimate of drug-likeness (QED) is 0.496. The second kappa shape index (κ2) is 3.40. The molecule has 0 saturated heterocycles. The molecule has 13 heavy (non-hydrogen) atoms. The predicted octanol–water partition coefficient (Wildman–Crippen LogP) is 2.79. The van der Waals surface area contributed by atoms with Crippen LogP contribution in [-0.2, 0) is 0 Å². The van der Waals surface area contributed by atoms with Crippen molar-refractivity contribution in [2.24, 2.45) is 0 Å². The first-order chi connectivity index (χ1) is 6.27. The Hall–Kier alpha value is -1.00. The maximum absolute atomic E-state index is 4.85. The molecule has 0 atom stereocenters. The predicted molar refractivity (Wildman–Crippen MR) is 63.5 cm³/mol. The molecule has 2 nitrogen and oxygen atoms in total. The smallest absolute Gasteiger partial charge is 0.135 e. The van der Waals surface area contributed by atoms with Gasteiger partial charge in [0.25, 0.3) is 0 Å². The SMILES string of the molecule is S=C(S)Nc1c[nH]c2ccccc12. The highest BCUT2D eigenvalue weighted by Crippen LogP contribution is 2.22. The van der Waals surface area contributed by atoms with Crippen molar-refractivity contribution < 1.29 is 0 Å². The van der Waals surface area contributed by atoms with Gasteiger partial charge in [-0.15, -0.1) is 12.6 Å². The van der Waals surface area contributed by atoms with Crippen LogP contribution in [0, 0.1) is 0 Å². The maximum Gasteiger partial charge on any atom is 0.135 e. The van der Waals surface area contributed by atoms with Crippen LogP contribution >= 0.6 is 24.8 Å². The Kier molecular flexibility index (Phi) is 2.24. The molecule has 0 fully saturated rings. The summed E-state index contributed by atoms with van der Waals surface area (Å²) in [4.78, 5) is 3.14. The number of hydrogen-bond acceptors (Lipinski definition) is 1. The van der Waals surface area contributed by atoms with Crippen LogP contribution in [0.4, 0.5) is 5.69 Å². The first kappa shape index (κ1) is 8.59. The third-order valence-electron chi connectivity index (χ3n) is 1.83. The third-order valence-corrected chi connectivity index (χ3v) is 2.04. The zero-order valence-corrected chi connectivity index (χ0v) is 8.45. The van der Waals surface area contributed by atoms with Gasteiger partial charge >= 0.3 is 0 Å². The summed E-state index contributed by atoms with van der Waals surface area (Å²) in [5.74, 6) is 0. The van der Waals surface area contributed by atoms with Crippen molar-refractivity contribution in [2.75, 3.05) is 5.32 Å². The minimum Gasteiger partial charge on any atom is -0.359 e. The lowest BCUT2D eigenvalue weighted by molar-refractivity contribution is 1.47. The van der Waals surface area contributed by atoms with E-state index in [1.54, 1.807) is 0 Å². The molecule has 0 aliphatic heterocycles. The Morgan fingerprint density at radius 2 is 2.15 bits per heavy atom. The van der Waals surface area contributed by atoms with E-state index in [0.29, 0.717) is 4.32 Å². The first-order valence-corrected chi connectivity index (χ1v) is 4.69. The average molecular weight is 208 g/mol. The highest BCUT2D eigenvalue weighted by atomic mass is 32.1. The number of aromatic nitrogens is 1. The van der Waals surface area contributed by atoms with Crippen LogP contribution < -0.4 is 5.32 Å². The van der Waals surface area contributed by atoms with Crippen LogP contribution in [-0.4, -0.2) is 9.30 Å². The minimum absolute atomic E-state index is 0.477. The van der Waals surface area contributed by atoms with Crippen LogP contribution in [0.25, 0.3) is 10.9 Å². The van der Waals surface area contributed by atoms with E-state index < -0.39 is 0 Å². The average Bonchev–Trinajstić information content (AvgIpc) is 2.48. The number of H-pyrrole nitrogens is 1. The lowest BCUT2D eigenvalue weighted by atomic mass is 10.2. The number of rotatable bonds is 1. The van der Waals surface area contributed by atoms with Crippen molar-refractivity contribution in [3.05, 3.63) is 30.5 Å². The number of hydrogen-bond donors (Lipinski definition) is 3. The maximum atomic E-state index is 4.85. The summed E-state index contributed by atoms with van der Waals surface area (Å²) in [5.41, 5.74) is 2.06. The molecule has 2 N–H and O–H groups in total. The molecule has 0 aliphatic carbocycles. The molecule has 2 rings (SSSR count). The Morgan fingerprint density at radius 3 is 2.92 bits per heavy atom. The normalized spacial score (nSPS) is 10.2. The van der Waals surface area contributed by atoms with Crippen molar-refractivity contribution in [1.29, 1.82) is 0 Å². The van der Waals surface area contributed by atoms with Crippen LogP contribution in [0.1, 0.15) is 0 Å². The van der Waals surface area contributed by atoms with Crippen LogP contribution in [0.5, 0.6) is 0 Å². The third kappa shape index (κ3) is 1.68. The van der Waals surface area contributed by atoms with Gasteiger partial charge in [0.05, 0.1) is 5.69 Å². The van der Waals surface area contributed by atoms with Gasteiger partial charge < -0.3 is 10.3 Å². The van der Waals surface area contributed by atoms with Gasteiger partial charge in [0.1, 0.15) is 4.32 Å². The second-order valence-electron chi connectivity index (χ2n) is 2.68. The lowest BCUT2D eigenvalue weighted by Gasteiger charge is -1.99. The monoisotopic (exact) mass is 208 g/mol. The Bertz CT molecular complexity index is 448. The molecule has 0 amide bonds. The van der Waals surface area contributed by atoms with E-state index in [1.807, 2.05) is 30.5 Å². The summed E-state index contributed by atoms with van der Waals surface area (Å²) in [7, 11) is 0. The number of aromatic amines is 1. The van der Waals surface area contributed by atoms with E-state index in [2.05, 4.69) is 22.9 Å². The van der Waals surface area contributed by atoms with E-state index in [4.69, 9.17) is 12.2 Å². The minimum atomic E-state index is 0.477. The topological polar surface area (TPSA) is 27.8 Å². The molecule has 1 aromatic heterocycles. The summed E-state index contributed by atoms with van der Waals surface area (Å²) in [6, 6.07) is 8.02. The summed E-state index contributed by atoms with van der Waals surface area (Å²) >= 11 is 8.86. The lowest BCUT2D eigenvalue weighted by Crippen LogP contribution is -1.99. The number of para-hydroxylation sites is 1. The molecule has 2 aromatic rings. The Balaban J connectivity index is 2.51. The molecule has 66 valence electrons. The molecule has 4 heteroatoms. The van der Waals surface area contributed by atoms with E-state index in [1.165, 1.54) is 0 Å². The van der Waals surface area contributed by atoms with Crippen molar-refractivity contribution in [3.63, 3.8) is 0 Å². The van der Waals surface area contributed by atoms with Gasteiger partial charge in [-0.1, -0.05) is 30.4 Å². The van der Waals surface area contributed by atoms with Crippen molar-refractivity contribution in [2.45, 2.75) is 0 Å². The van der Waals surface area contributed by atoms with Gasteiger partial charge in [-0.25, -0.2) is 0 Å². The van der Waals surface area contributed by atoms with E-state index in [0.717, 1.165) is 16.6 Å². The molecule has 1 heterocycles. The number of fused-ring (bicyclic) bond motifs is 1. The standard InChI is InChI=1S/C9H8N2S2/c12-9(13)11-8-5-10-7-4-2-1-3-6(7)8/h1-5,10H,(H2,11,12,13). The highest BCUT2D eigenvalue weighted by molar-refractivity contribution is 8.11. The first-order valence-electron chi connectivity index (χ1n) is 3.83. The molecule has 0 saturated carbocycles. The van der Waals surface area contributed by atoms with Crippen molar-refractivity contribution in [3.8, 4) is 0 Å². The number of thiocarbonyl (C=S) groups is 1. The van der Waals surface area contributed by atoms with Crippen molar-refractivity contribution >= 4 is 45.8 Å². The largest absolute Gasteiger partial charge is 0.359 e.